The van der Waals surface area contributed by atoms with Gasteiger partial charge in [-0.3, -0.25) is 9.59 Å². The zero-order valence-corrected chi connectivity index (χ0v) is 19.2. The maximum Gasteiger partial charge on any atom is 0.416 e. The number of ether oxygens (including phenoxy) is 1. The molecule has 0 unspecified atom stereocenters. The number of benzene rings is 1. The van der Waals surface area contributed by atoms with Crippen LogP contribution >= 0.6 is 0 Å². The van der Waals surface area contributed by atoms with Gasteiger partial charge in [0.25, 0.3) is 5.91 Å². The SMILES string of the molecule is CCS(=O)(=O)N1CCC(C(=O)OCC(=O)N2CCN(c3cccc(C(F)(F)F)c3)CC2)CC1. The van der Waals surface area contributed by atoms with E-state index in [-0.39, 0.29) is 24.7 Å². The molecule has 1 aromatic rings. The average molecular weight is 492 g/mol. The van der Waals surface area contributed by atoms with Gasteiger partial charge in [-0.05, 0) is 38.0 Å². The Balaban J connectivity index is 1.43. The molecule has 184 valence electrons. The number of sulfonamides is 1. The summed E-state index contributed by atoms with van der Waals surface area (Å²) in [7, 11) is -3.28. The number of halogens is 3. The monoisotopic (exact) mass is 491 g/mol. The minimum Gasteiger partial charge on any atom is -0.455 e. The molecule has 12 heteroatoms. The first-order chi connectivity index (χ1) is 15.5. The van der Waals surface area contributed by atoms with Gasteiger partial charge in [-0.2, -0.15) is 13.2 Å². The number of nitrogens with zero attached hydrogens (tertiary/aromatic N) is 3. The molecule has 33 heavy (non-hydrogen) atoms. The molecule has 8 nitrogen and oxygen atoms in total. The smallest absolute Gasteiger partial charge is 0.416 e. The standard InChI is InChI=1S/C21H28F3N3O5S/c1-2-33(30,31)27-8-6-16(7-9-27)20(29)32-15-19(28)26-12-10-25(11-13-26)18-5-3-4-17(14-18)21(22,23)24/h3-5,14,16H,2,6-13,15H2,1H3. The summed E-state index contributed by atoms with van der Waals surface area (Å²) >= 11 is 0. The van der Waals surface area contributed by atoms with Crippen LogP contribution in [-0.2, 0) is 30.5 Å². The lowest BCUT2D eigenvalue weighted by molar-refractivity contribution is -0.156. The number of amides is 1. The van der Waals surface area contributed by atoms with Crippen molar-refractivity contribution in [2.45, 2.75) is 25.9 Å². The Morgan fingerprint density at radius 1 is 1.06 bits per heavy atom. The van der Waals surface area contributed by atoms with E-state index in [4.69, 9.17) is 4.74 Å². The molecule has 3 rings (SSSR count). The van der Waals surface area contributed by atoms with E-state index in [1.807, 2.05) is 0 Å². The normalized spacial score (nSPS) is 18.9. The Kier molecular flexibility index (Phi) is 7.88. The van der Waals surface area contributed by atoms with Crippen molar-refractivity contribution in [3.8, 4) is 0 Å². The number of piperidine rings is 1. The summed E-state index contributed by atoms with van der Waals surface area (Å²) in [5.74, 6) is -1.31. The molecule has 0 N–H and O–H groups in total. The lowest BCUT2D eigenvalue weighted by Crippen LogP contribution is -2.50. The summed E-state index contributed by atoms with van der Waals surface area (Å²) in [5, 5.41) is 0. The third-order valence-electron chi connectivity index (χ3n) is 6.05. The van der Waals surface area contributed by atoms with E-state index in [0.717, 1.165) is 12.1 Å². The first-order valence-corrected chi connectivity index (χ1v) is 12.5. The highest BCUT2D eigenvalue weighted by molar-refractivity contribution is 7.89. The Labute approximate surface area is 191 Å². The summed E-state index contributed by atoms with van der Waals surface area (Å²) in [6.45, 7) is 3.01. The lowest BCUT2D eigenvalue weighted by Gasteiger charge is -2.36. The number of hydrogen-bond donors (Lipinski definition) is 0. The number of carbonyl (C=O) groups excluding carboxylic acids is 2. The Hall–Kier alpha value is -2.34. The summed E-state index contributed by atoms with van der Waals surface area (Å²) < 4.78 is 69.1. The van der Waals surface area contributed by atoms with Crippen molar-refractivity contribution in [3.05, 3.63) is 29.8 Å². The van der Waals surface area contributed by atoms with E-state index < -0.39 is 40.3 Å². The van der Waals surface area contributed by atoms with Crippen molar-refractivity contribution in [1.29, 1.82) is 0 Å². The molecular weight excluding hydrogens is 463 g/mol. The topological polar surface area (TPSA) is 87.2 Å². The molecule has 2 fully saturated rings. The molecule has 2 aliphatic rings. The fourth-order valence-corrected chi connectivity index (χ4v) is 5.12. The van der Waals surface area contributed by atoms with E-state index in [9.17, 15) is 31.2 Å². The zero-order valence-electron chi connectivity index (χ0n) is 18.4. The molecule has 0 bridgehead atoms. The average Bonchev–Trinajstić information content (AvgIpc) is 2.82. The van der Waals surface area contributed by atoms with Gasteiger partial charge in [0.05, 0.1) is 17.2 Å². The third kappa shape index (κ3) is 6.38. The molecular formula is C21H28F3N3O5S. The van der Waals surface area contributed by atoms with Crippen LogP contribution in [0.2, 0.25) is 0 Å². The number of hydrogen-bond acceptors (Lipinski definition) is 6. The first kappa shape index (κ1) is 25.3. The Morgan fingerprint density at radius 2 is 1.70 bits per heavy atom. The summed E-state index contributed by atoms with van der Waals surface area (Å²) in [4.78, 5) is 28.0. The number of alkyl halides is 3. The van der Waals surface area contributed by atoms with Gasteiger partial charge in [0, 0.05) is 45.0 Å². The van der Waals surface area contributed by atoms with Crippen molar-refractivity contribution in [2.24, 2.45) is 5.92 Å². The van der Waals surface area contributed by atoms with Gasteiger partial charge in [0.15, 0.2) is 6.61 Å². The quantitative estimate of drug-likeness (QED) is 0.566. The lowest BCUT2D eigenvalue weighted by atomic mass is 9.98. The van der Waals surface area contributed by atoms with Gasteiger partial charge < -0.3 is 14.5 Å². The Bertz CT molecular complexity index is 954. The van der Waals surface area contributed by atoms with Crippen molar-refractivity contribution in [1.82, 2.24) is 9.21 Å². The van der Waals surface area contributed by atoms with Gasteiger partial charge in [-0.25, -0.2) is 12.7 Å². The molecule has 1 aromatic carbocycles. The van der Waals surface area contributed by atoms with Crippen LogP contribution in [0.15, 0.2) is 24.3 Å². The van der Waals surface area contributed by atoms with Gasteiger partial charge in [-0.1, -0.05) is 6.07 Å². The van der Waals surface area contributed by atoms with Crippen molar-refractivity contribution >= 4 is 27.6 Å². The van der Waals surface area contributed by atoms with Crippen LogP contribution in [0.25, 0.3) is 0 Å². The maximum absolute atomic E-state index is 12.9. The van der Waals surface area contributed by atoms with Gasteiger partial charge in [0.1, 0.15) is 0 Å². The fourth-order valence-electron chi connectivity index (χ4n) is 3.99. The van der Waals surface area contributed by atoms with Crippen molar-refractivity contribution in [3.63, 3.8) is 0 Å². The van der Waals surface area contributed by atoms with Crippen LogP contribution in [0, 0.1) is 5.92 Å². The number of carbonyl (C=O) groups is 2. The van der Waals surface area contributed by atoms with Crippen LogP contribution in [-0.4, -0.2) is 81.1 Å². The van der Waals surface area contributed by atoms with E-state index in [0.29, 0.717) is 44.7 Å². The summed E-state index contributed by atoms with van der Waals surface area (Å²) in [5.41, 5.74) is -0.275. The van der Waals surface area contributed by atoms with Crippen LogP contribution in [0.4, 0.5) is 18.9 Å². The summed E-state index contributed by atoms with van der Waals surface area (Å²) in [6.07, 6.45) is -3.72. The fraction of sp³-hybridized carbons (Fsp3) is 0.619. The third-order valence-corrected chi connectivity index (χ3v) is 7.94. The second kappa shape index (κ2) is 10.3. The number of esters is 1. The van der Waals surface area contributed by atoms with Crippen LogP contribution < -0.4 is 4.90 Å². The van der Waals surface area contributed by atoms with E-state index in [1.54, 1.807) is 17.9 Å². The molecule has 0 atom stereocenters. The van der Waals surface area contributed by atoms with Crippen molar-refractivity contribution in [2.75, 3.05) is 56.5 Å². The molecule has 2 heterocycles. The molecule has 0 radical (unpaired) electrons. The highest BCUT2D eigenvalue weighted by Gasteiger charge is 2.33. The van der Waals surface area contributed by atoms with Crippen LogP contribution in [0.3, 0.4) is 0 Å². The highest BCUT2D eigenvalue weighted by Crippen LogP contribution is 2.32. The second-order valence-corrected chi connectivity index (χ2v) is 10.4. The molecule has 0 saturated carbocycles. The van der Waals surface area contributed by atoms with Crippen LogP contribution in [0.1, 0.15) is 25.3 Å². The molecule has 0 aliphatic carbocycles. The van der Waals surface area contributed by atoms with Crippen molar-refractivity contribution < 1.29 is 35.9 Å². The summed E-state index contributed by atoms with van der Waals surface area (Å²) in [6, 6.07) is 5.07. The van der Waals surface area contributed by atoms with Crippen LogP contribution in [0.5, 0.6) is 0 Å². The van der Waals surface area contributed by atoms with E-state index >= 15 is 0 Å². The predicted molar refractivity (Wildman–Crippen MR) is 115 cm³/mol. The van der Waals surface area contributed by atoms with Gasteiger partial charge in [0.2, 0.25) is 10.0 Å². The van der Waals surface area contributed by atoms with Gasteiger partial charge in [-0.15, -0.1) is 0 Å². The number of piperazine rings is 1. The Morgan fingerprint density at radius 3 is 2.27 bits per heavy atom. The largest absolute Gasteiger partial charge is 0.455 e. The van der Waals surface area contributed by atoms with E-state index in [2.05, 4.69) is 0 Å². The zero-order chi connectivity index (χ0) is 24.2. The molecule has 2 saturated heterocycles. The van der Waals surface area contributed by atoms with E-state index in [1.165, 1.54) is 15.3 Å². The second-order valence-electron chi connectivity index (χ2n) is 8.10. The first-order valence-electron chi connectivity index (χ1n) is 10.9. The number of anilines is 1. The number of rotatable bonds is 6. The molecule has 0 spiro atoms. The minimum atomic E-state index is -4.42. The maximum atomic E-state index is 12.9. The minimum absolute atomic E-state index is 0.0115. The molecule has 2 aliphatic heterocycles. The highest BCUT2D eigenvalue weighted by atomic mass is 32.2. The molecule has 1 amide bonds. The molecule has 0 aromatic heterocycles. The van der Waals surface area contributed by atoms with Gasteiger partial charge >= 0.3 is 12.1 Å². The predicted octanol–water partition coefficient (Wildman–Crippen LogP) is 1.96.